The molecule has 39 heavy (non-hydrogen) atoms. The zero-order chi connectivity index (χ0) is 27.6. The number of nitrogens with one attached hydrogen (secondary N) is 1. The Bertz CT molecular complexity index is 1360. The number of benzene rings is 2. The van der Waals surface area contributed by atoms with Gasteiger partial charge in [-0.1, -0.05) is 6.07 Å². The first kappa shape index (κ1) is 26.9. The predicted molar refractivity (Wildman–Crippen MR) is 141 cm³/mol. The number of likely N-dealkylation sites (tertiary alicyclic amines) is 1. The molecule has 0 saturated carbocycles. The van der Waals surface area contributed by atoms with Crippen LogP contribution in [0.3, 0.4) is 0 Å². The molecular formula is C28H30F3N5O3. The van der Waals surface area contributed by atoms with Crippen molar-refractivity contribution in [1.82, 2.24) is 14.9 Å². The Hall–Kier alpha value is -3.73. The summed E-state index contributed by atoms with van der Waals surface area (Å²) in [6, 6.07) is 11.7. The summed E-state index contributed by atoms with van der Waals surface area (Å²) in [5.74, 6) is -0.454. The minimum Gasteiger partial charge on any atom is -0.465 e. The molecule has 0 aliphatic carbocycles. The Labute approximate surface area is 223 Å². The minimum atomic E-state index is -4.52. The Kier molecular flexibility index (Phi) is 7.69. The maximum atomic E-state index is 13.2. The van der Waals surface area contributed by atoms with E-state index in [1.54, 1.807) is 18.3 Å². The molecular weight excluding hydrogens is 511 g/mol. The number of nitrogens with zero attached hydrogens (tertiary/aromatic N) is 4. The number of ether oxygens (including phenoxy) is 1. The summed E-state index contributed by atoms with van der Waals surface area (Å²) in [7, 11) is 1.37. The first-order chi connectivity index (χ1) is 18.7. The number of esters is 1. The van der Waals surface area contributed by atoms with Crippen LogP contribution in [0.25, 0.3) is 11.0 Å². The number of methoxy groups -OCH3 is 1. The highest BCUT2D eigenvalue weighted by Crippen LogP contribution is 2.34. The van der Waals surface area contributed by atoms with Crippen molar-refractivity contribution in [2.75, 3.05) is 38.2 Å². The van der Waals surface area contributed by atoms with Crippen molar-refractivity contribution in [2.45, 2.75) is 37.9 Å². The average molecular weight is 542 g/mol. The van der Waals surface area contributed by atoms with Crippen LogP contribution in [0.2, 0.25) is 0 Å². The minimum absolute atomic E-state index is 0.158. The molecule has 11 heteroatoms. The molecule has 1 N–H and O–H groups in total. The van der Waals surface area contributed by atoms with Gasteiger partial charge in [0.05, 0.1) is 30.2 Å². The number of fused-ring (bicyclic) bond motifs is 1. The summed E-state index contributed by atoms with van der Waals surface area (Å²) in [4.78, 5) is 39.8. The van der Waals surface area contributed by atoms with Crippen molar-refractivity contribution >= 4 is 34.8 Å². The summed E-state index contributed by atoms with van der Waals surface area (Å²) in [6.07, 6.45) is -0.0643. The molecule has 3 aromatic rings. The second-order valence-electron chi connectivity index (χ2n) is 10.0. The number of aromatic amines is 1. The number of amides is 1. The van der Waals surface area contributed by atoms with E-state index in [4.69, 9.17) is 4.74 Å². The Morgan fingerprint density at radius 2 is 1.85 bits per heavy atom. The maximum absolute atomic E-state index is 13.2. The highest BCUT2D eigenvalue weighted by atomic mass is 19.4. The van der Waals surface area contributed by atoms with Gasteiger partial charge in [-0.05, 0) is 62.2 Å². The van der Waals surface area contributed by atoms with E-state index in [0.717, 1.165) is 57.2 Å². The van der Waals surface area contributed by atoms with Crippen LogP contribution in [0.4, 0.5) is 18.9 Å². The fourth-order valence-electron chi connectivity index (χ4n) is 5.46. The van der Waals surface area contributed by atoms with Gasteiger partial charge in [0, 0.05) is 43.5 Å². The van der Waals surface area contributed by atoms with E-state index < -0.39 is 17.6 Å². The first-order valence-corrected chi connectivity index (χ1v) is 13.0. The number of carbonyl (C=O) groups is 2. The molecule has 2 aliphatic rings. The van der Waals surface area contributed by atoms with Crippen LogP contribution in [-0.4, -0.2) is 72.3 Å². The molecule has 2 fully saturated rings. The van der Waals surface area contributed by atoms with Crippen molar-refractivity contribution in [3.63, 3.8) is 0 Å². The largest absolute Gasteiger partial charge is 0.465 e. The Morgan fingerprint density at radius 3 is 2.54 bits per heavy atom. The number of halogens is 3. The normalized spacial score (nSPS) is 19.3. The molecule has 8 nitrogen and oxygen atoms in total. The molecule has 1 aromatic heterocycles. The van der Waals surface area contributed by atoms with Crippen molar-refractivity contribution < 1.29 is 27.5 Å². The van der Waals surface area contributed by atoms with E-state index in [2.05, 4.69) is 24.8 Å². The number of aromatic nitrogens is 2. The number of carbonyl (C=O) groups excluding carboxylic acids is 2. The van der Waals surface area contributed by atoms with Crippen LogP contribution in [0, 0.1) is 5.92 Å². The van der Waals surface area contributed by atoms with E-state index in [1.165, 1.54) is 19.2 Å². The zero-order valence-corrected chi connectivity index (χ0v) is 21.6. The molecule has 1 unspecified atom stereocenters. The standard InChI is InChI=1S/C28H30F3N5O3/c1-39-27(38)19-5-7-20(8-6-19)35-13-10-21(11-14-35)36-12-9-18(17-36)16-32-25(37)15-24-33-23-4-2-3-22(26(23)34-24)28(29,30)31/h2-8,16,18,21H,9-15,17H2,1H3,(H,33,34). The van der Waals surface area contributed by atoms with Crippen molar-refractivity contribution in [1.29, 1.82) is 0 Å². The lowest BCUT2D eigenvalue weighted by Gasteiger charge is -2.38. The van der Waals surface area contributed by atoms with Gasteiger partial charge in [-0.15, -0.1) is 0 Å². The number of piperidine rings is 1. The fourth-order valence-corrected chi connectivity index (χ4v) is 5.46. The number of para-hydroxylation sites is 1. The molecule has 1 atom stereocenters. The van der Waals surface area contributed by atoms with Crippen molar-refractivity contribution in [2.24, 2.45) is 10.9 Å². The molecule has 0 spiro atoms. The van der Waals surface area contributed by atoms with Crippen LogP contribution in [-0.2, 0) is 22.1 Å². The predicted octanol–water partition coefficient (Wildman–Crippen LogP) is 4.50. The Balaban J connectivity index is 1.10. The van der Waals surface area contributed by atoms with Gasteiger partial charge in [0.25, 0.3) is 5.91 Å². The monoisotopic (exact) mass is 541 g/mol. The van der Waals surface area contributed by atoms with Gasteiger partial charge in [0.1, 0.15) is 11.3 Å². The van der Waals surface area contributed by atoms with Crippen molar-refractivity contribution in [3.8, 4) is 0 Å². The van der Waals surface area contributed by atoms with Gasteiger partial charge in [0.2, 0.25) is 0 Å². The molecule has 1 amide bonds. The topological polar surface area (TPSA) is 90.9 Å². The molecule has 5 rings (SSSR count). The number of H-pyrrole nitrogens is 1. The van der Waals surface area contributed by atoms with Gasteiger partial charge in [-0.2, -0.15) is 13.2 Å². The van der Waals surface area contributed by atoms with E-state index in [-0.39, 0.29) is 35.2 Å². The van der Waals surface area contributed by atoms with Crippen molar-refractivity contribution in [3.05, 3.63) is 59.4 Å². The number of rotatable bonds is 6. The second-order valence-corrected chi connectivity index (χ2v) is 10.0. The number of imidazole rings is 1. The van der Waals surface area contributed by atoms with Gasteiger partial charge < -0.3 is 14.6 Å². The number of aliphatic imine (C=N–C) groups is 1. The van der Waals surface area contributed by atoms with E-state index in [1.807, 2.05) is 12.1 Å². The third-order valence-electron chi connectivity index (χ3n) is 7.51. The summed E-state index contributed by atoms with van der Waals surface area (Å²) in [5.41, 5.74) is 0.851. The summed E-state index contributed by atoms with van der Waals surface area (Å²) >= 11 is 0. The number of alkyl halides is 3. The summed E-state index contributed by atoms with van der Waals surface area (Å²) in [5, 5.41) is 0. The fraction of sp³-hybridized carbons (Fsp3) is 0.429. The van der Waals surface area contributed by atoms with Gasteiger partial charge in [0.15, 0.2) is 0 Å². The van der Waals surface area contributed by atoms with Crippen LogP contribution in [0.5, 0.6) is 0 Å². The number of hydrogen-bond donors (Lipinski definition) is 1. The molecule has 3 heterocycles. The van der Waals surface area contributed by atoms with Gasteiger partial charge in [-0.3, -0.25) is 9.69 Å². The molecule has 2 aromatic carbocycles. The highest BCUT2D eigenvalue weighted by Gasteiger charge is 2.34. The lowest BCUT2D eigenvalue weighted by molar-refractivity contribution is -0.136. The van der Waals surface area contributed by atoms with Crippen LogP contribution in [0.1, 0.15) is 41.0 Å². The number of hydrogen-bond acceptors (Lipinski definition) is 6. The van der Waals surface area contributed by atoms with Gasteiger partial charge >= 0.3 is 12.1 Å². The lowest BCUT2D eigenvalue weighted by Crippen LogP contribution is -2.44. The number of anilines is 1. The molecule has 0 bridgehead atoms. The van der Waals surface area contributed by atoms with Crippen LogP contribution in [0.15, 0.2) is 47.5 Å². The SMILES string of the molecule is COC(=O)c1ccc(N2CCC(N3CCC(C=NC(=O)Cc4nc5c(C(F)(F)F)cccc5[nH]4)C3)CC2)cc1. The average Bonchev–Trinajstić information content (AvgIpc) is 3.58. The molecule has 0 radical (unpaired) electrons. The van der Waals surface area contributed by atoms with Gasteiger partial charge in [-0.25, -0.2) is 14.8 Å². The molecule has 2 saturated heterocycles. The summed E-state index contributed by atoms with van der Waals surface area (Å²) in [6.45, 7) is 3.61. The highest BCUT2D eigenvalue weighted by molar-refractivity contribution is 5.90. The van der Waals surface area contributed by atoms with E-state index in [0.29, 0.717) is 11.6 Å². The van der Waals surface area contributed by atoms with Crippen LogP contribution >= 0.6 is 0 Å². The lowest BCUT2D eigenvalue weighted by atomic mass is 10.0. The van der Waals surface area contributed by atoms with E-state index >= 15 is 0 Å². The second kappa shape index (κ2) is 11.2. The summed E-state index contributed by atoms with van der Waals surface area (Å²) < 4.78 is 44.4. The molecule has 206 valence electrons. The quantitative estimate of drug-likeness (QED) is 0.365. The van der Waals surface area contributed by atoms with Crippen LogP contribution < -0.4 is 4.90 Å². The smallest absolute Gasteiger partial charge is 0.418 e. The Morgan fingerprint density at radius 1 is 1.10 bits per heavy atom. The van der Waals surface area contributed by atoms with E-state index in [9.17, 15) is 22.8 Å². The zero-order valence-electron chi connectivity index (χ0n) is 21.6. The first-order valence-electron chi connectivity index (χ1n) is 13.0. The maximum Gasteiger partial charge on any atom is 0.418 e. The third-order valence-corrected chi connectivity index (χ3v) is 7.51. The third kappa shape index (κ3) is 6.13. The molecule has 2 aliphatic heterocycles.